The molecule has 2 rings (SSSR count). The van der Waals surface area contributed by atoms with Crippen LogP contribution in [0.2, 0.25) is 0 Å². The molecule has 0 radical (unpaired) electrons. The van der Waals surface area contributed by atoms with Crippen LogP contribution in [-0.2, 0) is 17.6 Å². The molecular formula is C16H20N2O2S. The molecule has 0 atom stereocenters. The summed E-state index contributed by atoms with van der Waals surface area (Å²) in [6.07, 6.45) is 3.28. The van der Waals surface area contributed by atoms with Crippen molar-refractivity contribution in [3.05, 3.63) is 46.4 Å². The monoisotopic (exact) mass is 304 g/mol. The fraction of sp³-hybridized carbons (Fsp3) is 0.375. The number of benzene rings is 1. The average molecular weight is 304 g/mol. The molecule has 0 aliphatic carbocycles. The fourth-order valence-corrected chi connectivity index (χ4v) is 2.42. The Balaban J connectivity index is 1.85. The zero-order chi connectivity index (χ0) is 15.3. The maximum Gasteiger partial charge on any atom is 0.412 e. The summed E-state index contributed by atoms with van der Waals surface area (Å²) in [6, 6.07) is 7.81. The number of aromatic nitrogens is 1. The van der Waals surface area contributed by atoms with Crippen LogP contribution in [0, 0.1) is 0 Å². The number of hydrogen-bond acceptors (Lipinski definition) is 4. The van der Waals surface area contributed by atoms with E-state index in [1.165, 1.54) is 5.56 Å². The Bertz CT molecular complexity index is 571. The highest BCUT2D eigenvalue weighted by Gasteiger charge is 2.15. The number of thiazole rings is 1. The first-order valence-corrected chi connectivity index (χ1v) is 7.78. The molecule has 2 aromatic rings. The number of rotatable bonds is 4. The van der Waals surface area contributed by atoms with E-state index in [0.717, 1.165) is 23.5 Å². The fourth-order valence-electron chi connectivity index (χ4n) is 1.80. The highest BCUT2D eigenvalue weighted by Crippen LogP contribution is 2.15. The van der Waals surface area contributed by atoms with Crippen molar-refractivity contribution < 1.29 is 9.53 Å². The zero-order valence-corrected chi connectivity index (χ0v) is 13.4. The van der Waals surface area contributed by atoms with Crippen LogP contribution >= 0.6 is 11.3 Å². The number of nitrogens with zero attached hydrogens (tertiary/aromatic N) is 1. The van der Waals surface area contributed by atoms with Crippen LogP contribution in [0.3, 0.4) is 0 Å². The highest BCUT2D eigenvalue weighted by atomic mass is 32.1. The molecule has 1 aromatic heterocycles. The second-order valence-corrected chi connectivity index (χ2v) is 6.73. The summed E-state index contributed by atoms with van der Waals surface area (Å²) in [4.78, 5) is 15.9. The van der Waals surface area contributed by atoms with Gasteiger partial charge in [-0.1, -0.05) is 12.1 Å². The molecule has 21 heavy (non-hydrogen) atoms. The van der Waals surface area contributed by atoms with Crippen molar-refractivity contribution >= 4 is 23.1 Å². The Morgan fingerprint density at radius 3 is 2.52 bits per heavy atom. The van der Waals surface area contributed by atoms with Gasteiger partial charge < -0.3 is 4.74 Å². The number of carbonyl (C=O) groups is 1. The predicted octanol–water partition coefficient (Wildman–Crippen LogP) is 4.28. The van der Waals surface area contributed by atoms with Gasteiger partial charge in [0.05, 0.1) is 5.01 Å². The summed E-state index contributed by atoms with van der Waals surface area (Å²) in [6.45, 7) is 5.52. The van der Waals surface area contributed by atoms with Crippen LogP contribution in [0.25, 0.3) is 0 Å². The van der Waals surface area contributed by atoms with E-state index in [9.17, 15) is 4.79 Å². The van der Waals surface area contributed by atoms with Crippen molar-refractivity contribution in [1.82, 2.24) is 4.98 Å². The second-order valence-electron chi connectivity index (χ2n) is 5.75. The van der Waals surface area contributed by atoms with Gasteiger partial charge in [0.1, 0.15) is 5.60 Å². The molecule has 0 aliphatic heterocycles. The topological polar surface area (TPSA) is 51.2 Å². The molecule has 5 heteroatoms. The largest absolute Gasteiger partial charge is 0.444 e. The smallest absolute Gasteiger partial charge is 0.412 e. The van der Waals surface area contributed by atoms with Crippen molar-refractivity contribution in [2.75, 3.05) is 5.32 Å². The van der Waals surface area contributed by atoms with Crippen LogP contribution in [0.4, 0.5) is 10.5 Å². The lowest BCUT2D eigenvalue weighted by molar-refractivity contribution is 0.0636. The standard InChI is InChI=1S/C16H20N2O2S/c1-16(2,3)20-15(19)18-13-7-4-12(5-8-13)6-9-14-17-10-11-21-14/h4-5,7-8,10-11H,6,9H2,1-3H3,(H,18,19). The first-order valence-electron chi connectivity index (χ1n) is 6.90. The third-order valence-corrected chi connectivity index (χ3v) is 3.55. The van der Waals surface area contributed by atoms with Crippen molar-refractivity contribution in [2.45, 2.75) is 39.2 Å². The maximum atomic E-state index is 11.7. The van der Waals surface area contributed by atoms with E-state index in [-0.39, 0.29) is 0 Å². The van der Waals surface area contributed by atoms with Gasteiger partial charge in [-0.05, 0) is 44.9 Å². The molecule has 1 aromatic carbocycles. The summed E-state index contributed by atoms with van der Waals surface area (Å²) in [5.74, 6) is 0. The van der Waals surface area contributed by atoms with E-state index in [1.807, 2.05) is 56.6 Å². The lowest BCUT2D eigenvalue weighted by atomic mass is 10.1. The quantitative estimate of drug-likeness (QED) is 0.917. The number of aryl methyl sites for hydroxylation is 2. The van der Waals surface area contributed by atoms with E-state index in [2.05, 4.69) is 10.3 Å². The number of amides is 1. The highest BCUT2D eigenvalue weighted by molar-refractivity contribution is 7.09. The molecule has 1 heterocycles. The van der Waals surface area contributed by atoms with Crippen molar-refractivity contribution in [3.8, 4) is 0 Å². The van der Waals surface area contributed by atoms with Gasteiger partial charge >= 0.3 is 6.09 Å². The van der Waals surface area contributed by atoms with Crippen LogP contribution in [0.1, 0.15) is 31.3 Å². The molecule has 0 aliphatic rings. The van der Waals surface area contributed by atoms with Gasteiger partial charge in [-0.15, -0.1) is 11.3 Å². The molecule has 0 spiro atoms. The van der Waals surface area contributed by atoms with Crippen LogP contribution in [-0.4, -0.2) is 16.7 Å². The van der Waals surface area contributed by atoms with Crippen molar-refractivity contribution in [2.24, 2.45) is 0 Å². The van der Waals surface area contributed by atoms with Gasteiger partial charge in [-0.25, -0.2) is 9.78 Å². The van der Waals surface area contributed by atoms with Crippen LogP contribution in [0.15, 0.2) is 35.8 Å². The first kappa shape index (κ1) is 15.5. The first-order chi connectivity index (χ1) is 9.92. The molecule has 0 unspecified atom stereocenters. The lowest BCUT2D eigenvalue weighted by Gasteiger charge is -2.19. The summed E-state index contributed by atoms with van der Waals surface area (Å²) < 4.78 is 5.21. The lowest BCUT2D eigenvalue weighted by Crippen LogP contribution is -2.27. The van der Waals surface area contributed by atoms with Crippen LogP contribution < -0.4 is 5.32 Å². The molecule has 0 saturated heterocycles. The number of anilines is 1. The summed E-state index contributed by atoms with van der Waals surface area (Å²) in [7, 11) is 0. The van der Waals surface area contributed by atoms with Crippen LogP contribution in [0.5, 0.6) is 0 Å². The zero-order valence-electron chi connectivity index (χ0n) is 12.6. The molecule has 112 valence electrons. The minimum Gasteiger partial charge on any atom is -0.444 e. The third kappa shape index (κ3) is 5.55. The maximum absolute atomic E-state index is 11.7. The van der Waals surface area contributed by atoms with Crippen molar-refractivity contribution in [3.63, 3.8) is 0 Å². The summed E-state index contributed by atoms with van der Waals surface area (Å²) in [5.41, 5.74) is 1.47. The Kier molecular flexibility index (Phi) is 4.96. The van der Waals surface area contributed by atoms with Crippen molar-refractivity contribution in [1.29, 1.82) is 0 Å². The summed E-state index contributed by atoms with van der Waals surface area (Å²) >= 11 is 1.67. The van der Waals surface area contributed by atoms with E-state index in [0.29, 0.717) is 0 Å². The average Bonchev–Trinajstić information content (AvgIpc) is 2.89. The minimum absolute atomic E-state index is 0.432. The van der Waals surface area contributed by atoms with E-state index in [1.54, 1.807) is 11.3 Å². The van der Waals surface area contributed by atoms with E-state index in [4.69, 9.17) is 4.74 Å². The van der Waals surface area contributed by atoms with E-state index >= 15 is 0 Å². The molecule has 1 N–H and O–H groups in total. The molecule has 0 saturated carbocycles. The molecule has 4 nitrogen and oxygen atoms in total. The number of carbonyl (C=O) groups excluding carboxylic acids is 1. The van der Waals surface area contributed by atoms with E-state index < -0.39 is 11.7 Å². The van der Waals surface area contributed by atoms with Gasteiger partial charge in [-0.2, -0.15) is 0 Å². The third-order valence-electron chi connectivity index (χ3n) is 2.71. The normalized spacial score (nSPS) is 11.2. The Morgan fingerprint density at radius 1 is 1.24 bits per heavy atom. The molecule has 0 bridgehead atoms. The van der Waals surface area contributed by atoms with Gasteiger partial charge in [0.15, 0.2) is 0 Å². The second kappa shape index (κ2) is 6.72. The summed E-state index contributed by atoms with van der Waals surface area (Å²) in [5, 5.41) is 5.86. The number of hydrogen-bond donors (Lipinski definition) is 1. The molecular weight excluding hydrogens is 284 g/mol. The molecule has 0 fully saturated rings. The van der Waals surface area contributed by atoms with Gasteiger partial charge in [0.2, 0.25) is 0 Å². The Hall–Kier alpha value is -1.88. The Morgan fingerprint density at radius 2 is 1.95 bits per heavy atom. The number of ether oxygens (including phenoxy) is 1. The van der Waals surface area contributed by atoms with Gasteiger partial charge in [0.25, 0.3) is 0 Å². The van der Waals surface area contributed by atoms with Gasteiger partial charge in [0, 0.05) is 23.7 Å². The molecule has 1 amide bonds. The SMILES string of the molecule is CC(C)(C)OC(=O)Nc1ccc(CCc2nccs2)cc1. The number of nitrogens with one attached hydrogen (secondary N) is 1. The van der Waals surface area contributed by atoms with Gasteiger partial charge in [-0.3, -0.25) is 5.32 Å². The minimum atomic E-state index is -0.488. The Labute approximate surface area is 129 Å². The predicted molar refractivity (Wildman–Crippen MR) is 85.8 cm³/mol.